The van der Waals surface area contributed by atoms with Crippen molar-refractivity contribution in [2.75, 3.05) is 13.1 Å². The van der Waals surface area contributed by atoms with Crippen molar-refractivity contribution in [3.8, 4) is 0 Å². The Morgan fingerprint density at radius 3 is 2.88 bits per heavy atom. The molecule has 5 heteroatoms. The molecule has 1 aliphatic heterocycles. The summed E-state index contributed by atoms with van der Waals surface area (Å²) in [5.41, 5.74) is 2.71. The molecular formula is C11H15N3O2. The molecule has 0 fully saturated rings. The van der Waals surface area contributed by atoms with Crippen LogP contribution in [0.5, 0.6) is 0 Å². The summed E-state index contributed by atoms with van der Waals surface area (Å²) in [6, 6.07) is 0. The quantitative estimate of drug-likeness (QED) is 0.741. The van der Waals surface area contributed by atoms with Crippen LogP contribution in [0.25, 0.3) is 0 Å². The summed E-state index contributed by atoms with van der Waals surface area (Å²) in [5.74, 6) is -0.172. The second kappa shape index (κ2) is 4.57. The van der Waals surface area contributed by atoms with Crippen LogP contribution in [0.4, 0.5) is 0 Å². The first-order chi connectivity index (χ1) is 7.66. The van der Waals surface area contributed by atoms with Gasteiger partial charge in [-0.05, 0) is 25.5 Å². The largest absolute Gasteiger partial charge is 0.481 e. The third kappa shape index (κ3) is 2.36. The summed E-state index contributed by atoms with van der Waals surface area (Å²) in [7, 11) is 0. The number of carboxylic acid groups (broad SMARTS) is 1. The molecule has 0 atom stereocenters. The van der Waals surface area contributed by atoms with E-state index in [1.807, 2.05) is 6.92 Å². The molecule has 5 nitrogen and oxygen atoms in total. The Kier molecular flexibility index (Phi) is 3.14. The number of carboxylic acids is 1. The molecule has 0 spiro atoms. The molecule has 1 aliphatic rings. The van der Waals surface area contributed by atoms with Crippen LogP contribution in [0, 0.1) is 6.92 Å². The predicted molar refractivity (Wildman–Crippen MR) is 58.4 cm³/mol. The zero-order valence-corrected chi connectivity index (χ0v) is 9.29. The molecule has 2 rings (SSSR count). The lowest BCUT2D eigenvalue weighted by Crippen LogP contribution is -2.16. The van der Waals surface area contributed by atoms with Crippen molar-refractivity contribution in [3.05, 3.63) is 22.8 Å². The Balaban J connectivity index is 2.42. The van der Waals surface area contributed by atoms with Crippen molar-refractivity contribution in [1.29, 1.82) is 0 Å². The fraction of sp³-hybridized carbons (Fsp3) is 0.545. The van der Waals surface area contributed by atoms with Crippen LogP contribution >= 0.6 is 0 Å². The third-order valence-electron chi connectivity index (χ3n) is 2.70. The van der Waals surface area contributed by atoms with E-state index in [0.29, 0.717) is 11.5 Å². The minimum atomic E-state index is -0.836. The highest BCUT2D eigenvalue weighted by Crippen LogP contribution is 2.15. The van der Waals surface area contributed by atoms with E-state index in [4.69, 9.17) is 5.11 Å². The number of rotatable bonds is 2. The molecule has 2 N–H and O–H groups in total. The number of aliphatic carboxylic acids is 1. The number of fused-ring (bicyclic) bond motifs is 1. The van der Waals surface area contributed by atoms with Crippen molar-refractivity contribution in [1.82, 2.24) is 15.3 Å². The Morgan fingerprint density at radius 2 is 2.12 bits per heavy atom. The van der Waals surface area contributed by atoms with E-state index in [1.54, 1.807) is 0 Å². The molecule has 0 aromatic carbocycles. The van der Waals surface area contributed by atoms with Gasteiger partial charge in [0.1, 0.15) is 5.82 Å². The van der Waals surface area contributed by atoms with Crippen LogP contribution in [0.2, 0.25) is 0 Å². The van der Waals surface area contributed by atoms with E-state index in [0.717, 1.165) is 37.2 Å². The van der Waals surface area contributed by atoms with Gasteiger partial charge in [0, 0.05) is 18.7 Å². The molecule has 1 aromatic heterocycles. The van der Waals surface area contributed by atoms with E-state index < -0.39 is 5.97 Å². The zero-order chi connectivity index (χ0) is 11.5. The highest BCUT2D eigenvalue weighted by atomic mass is 16.4. The van der Waals surface area contributed by atoms with Gasteiger partial charge in [0.15, 0.2) is 0 Å². The Bertz CT molecular complexity index is 418. The average Bonchev–Trinajstić information content (AvgIpc) is 2.41. The average molecular weight is 221 g/mol. The van der Waals surface area contributed by atoms with E-state index in [9.17, 15) is 4.79 Å². The molecular weight excluding hydrogens is 206 g/mol. The SMILES string of the molecule is Cc1nc2c(c(CC(=O)O)n1)CCNCC2. The molecule has 0 unspecified atom stereocenters. The Hall–Kier alpha value is -1.49. The number of carbonyl (C=O) groups is 1. The topological polar surface area (TPSA) is 75.1 Å². The van der Waals surface area contributed by atoms with Crippen LogP contribution in [0.15, 0.2) is 0 Å². The van der Waals surface area contributed by atoms with Gasteiger partial charge in [-0.1, -0.05) is 0 Å². The molecule has 0 saturated heterocycles. The predicted octanol–water partition coefficient (Wildman–Crippen LogP) is 0.100. The molecule has 86 valence electrons. The van der Waals surface area contributed by atoms with Crippen LogP contribution in [-0.4, -0.2) is 34.1 Å². The highest BCUT2D eigenvalue weighted by Gasteiger charge is 2.16. The summed E-state index contributed by atoms with van der Waals surface area (Å²) >= 11 is 0. The monoisotopic (exact) mass is 221 g/mol. The van der Waals surface area contributed by atoms with Crippen LogP contribution in [0.3, 0.4) is 0 Å². The maximum atomic E-state index is 10.8. The van der Waals surface area contributed by atoms with Gasteiger partial charge in [0.05, 0.1) is 12.1 Å². The zero-order valence-electron chi connectivity index (χ0n) is 9.29. The van der Waals surface area contributed by atoms with Crippen molar-refractivity contribution < 1.29 is 9.90 Å². The first-order valence-corrected chi connectivity index (χ1v) is 5.44. The summed E-state index contributed by atoms with van der Waals surface area (Å²) in [5, 5.41) is 12.1. The number of nitrogens with one attached hydrogen (secondary N) is 1. The maximum absolute atomic E-state index is 10.8. The Labute approximate surface area is 93.9 Å². The van der Waals surface area contributed by atoms with Gasteiger partial charge in [-0.25, -0.2) is 9.97 Å². The molecule has 0 amide bonds. The fourth-order valence-corrected chi connectivity index (χ4v) is 2.05. The smallest absolute Gasteiger partial charge is 0.309 e. The molecule has 0 saturated carbocycles. The molecule has 0 aliphatic carbocycles. The van der Waals surface area contributed by atoms with Crippen molar-refractivity contribution in [2.45, 2.75) is 26.2 Å². The van der Waals surface area contributed by atoms with Gasteiger partial charge < -0.3 is 10.4 Å². The molecule has 0 radical (unpaired) electrons. The first kappa shape index (κ1) is 11.0. The number of nitrogens with zero attached hydrogens (tertiary/aromatic N) is 2. The number of aryl methyl sites for hydroxylation is 1. The highest BCUT2D eigenvalue weighted by molar-refractivity contribution is 5.70. The minimum Gasteiger partial charge on any atom is -0.481 e. The van der Waals surface area contributed by atoms with Gasteiger partial charge in [-0.2, -0.15) is 0 Å². The van der Waals surface area contributed by atoms with Gasteiger partial charge in [-0.3, -0.25) is 4.79 Å². The van der Waals surface area contributed by atoms with Gasteiger partial charge in [0.25, 0.3) is 0 Å². The minimum absolute atomic E-state index is 0.00824. The summed E-state index contributed by atoms with van der Waals surface area (Å²) in [6.45, 7) is 3.58. The van der Waals surface area contributed by atoms with E-state index in [-0.39, 0.29) is 6.42 Å². The molecule has 16 heavy (non-hydrogen) atoms. The fourth-order valence-electron chi connectivity index (χ4n) is 2.05. The van der Waals surface area contributed by atoms with Crippen LogP contribution in [0.1, 0.15) is 22.8 Å². The lowest BCUT2D eigenvalue weighted by Gasteiger charge is -2.10. The van der Waals surface area contributed by atoms with Gasteiger partial charge >= 0.3 is 5.97 Å². The second-order valence-electron chi connectivity index (χ2n) is 3.96. The van der Waals surface area contributed by atoms with E-state index >= 15 is 0 Å². The summed E-state index contributed by atoms with van der Waals surface area (Å²) < 4.78 is 0. The standard InChI is InChI=1S/C11H15N3O2/c1-7-13-9-3-5-12-4-2-8(9)10(14-7)6-11(15)16/h12H,2-6H2,1H3,(H,15,16). The van der Waals surface area contributed by atoms with Crippen molar-refractivity contribution in [3.63, 3.8) is 0 Å². The van der Waals surface area contributed by atoms with Crippen LogP contribution in [-0.2, 0) is 24.1 Å². The van der Waals surface area contributed by atoms with Gasteiger partial charge in [0.2, 0.25) is 0 Å². The molecule has 1 aromatic rings. The maximum Gasteiger partial charge on any atom is 0.309 e. The van der Waals surface area contributed by atoms with E-state index in [2.05, 4.69) is 15.3 Å². The first-order valence-electron chi connectivity index (χ1n) is 5.44. The normalized spacial score (nSPS) is 15.3. The number of hydrogen-bond donors (Lipinski definition) is 2. The third-order valence-corrected chi connectivity index (χ3v) is 2.70. The molecule has 0 bridgehead atoms. The van der Waals surface area contributed by atoms with Gasteiger partial charge in [-0.15, -0.1) is 0 Å². The van der Waals surface area contributed by atoms with E-state index in [1.165, 1.54) is 0 Å². The van der Waals surface area contributed by atoms with Crippen molar-refractivity contribution in [2.24, 2.45) is 0 Å². The number of hydrogen-bond acceptors (Lipinski definition) is 4. The number of aromatic nitrogens is 2. The van der Waals surface area contributed by atoms with Crippen molar-refractivity contribution >= 4 is 5.97 Å². The van der Waals surface area contributed by atoms with Crippen LogP contribution < -0.4 is 5.32 Å². The lowest BCUT2D eigenvalue weighted by molar-refractivity contribution is -0.136. The Morgan fingerprint density at radius 1 is 1.38 bits per heavy atom. The lowest BCUT2D eigenvalue weighted by atomic mass is 10.0. The molecule has 2 heterocycles. The summed E-state index contributed by atoms with van der Waals surface area (Å²) in [4.78, 5) is 19.4. The summed E-state index contributed by atoms with van der Waals surface area (Å²) in [6.07, 6.45) is 1.66. The second-order valence-corrected chi connectivity index (χ2v) is 3.96.